The van der Waals surface area contributed by atoms with Gasteiger partial charge in [-0.15, -0.1) is 0 Å². The fourth-order valence-corrected chi connectivity index (χ4v) is 2.35. The van der Waals surface area contributed by atoms with Gasteiger partial charge in [0.1, 0.15) is 0 Å². The van der Waals surface area contributed by atoms with E-state index in [4.69, 9.17) is 9.47 Å². The Morgan fingerprint density at radius 3 is 1.95 bits per heavy atom. The van der Waals surface area contributed by atoms with Crippen molar-refractivity contribution < 1.29 is 14.3 Å². The van der Waals surface area contributed by atoms with E-state index in [9.17, 15) is 4.79 Å². The molecule has 0 amide bonds. The number of carbonyl (C=O) groups is 1. The first-order chi connectivity index (χ1) is 10.8. The van der Waals surface area contributed by atoms with Gasteiger partial charge in [0, 0.05) is 13.5 Å². The molecule has 0 saturated heterocycles. The summed E-state index contributed by atoms with van der Waals surface area (Å²) in [5.41, 5.74) is 1.25. The summed E-state index contributed by atoms with van der Waals surface area (Å²) in [5.74, 6) is -0.172. The van der Waals surface area contributed by atoms with Gasteiger partial charge in [0.25, 0.3) is 0 Å². The molecule has 3 nitrogen and oxygen atoms in total. The number of esters is 1. The maximum absolute atomic E-state index is 10.6. The number of ether oxygens (including phenoxy) is 2. The summed E-state index contributed by atoms with van der Waals surface area (Å²) < 4.78 is 10.6. The van der Waals surface area contributed by atoms with Crippen LogP contribution in [0.5, 0.6) is 0 Å². The van der Waals surface area contributed by atoms with Crippen LogP contribution < -0.4 is 0 Å². The Hall–Kier alpha value is -1.35. The summed E-state index contributed by atoms with van der Waals surface area (Å²) in [6.07, 6.45) is 9.67. The quantitative estimate of drug-likeness (QED) is 0.384. The third-order valence-electron chi connectivity index (χ3n) is 3.60. The fourth-order valence-electron chi connectivity index (χ4n) is 2.35. The van der Waals surface area contributed by atoms with Crippen LogP contribution in [0.15, 0.2) is 30.3 Å². The SMILES string of the molecule is CC(=O)OCCCCCCCCCCOCc1ccccc1. The number of rotatable bonds is 13. The monoisotopic (exact) mass is 306 g/mol. The van der Waals surface area contributed by atoms with Gasteiger partial charge >= 0.3 is 5.97 Å². The molecule has 0 saturated carbocycles. The van der Waals surface area contributed by atoms with Gasteiger partial charge in [-0.05, 0) is 18.4 Å². The zero-order valence-electron chi connectivity index (χ0n) is 13.9. The van der Waals surface area contributed by atoms with Crippen LogP contribution in [0.2, 0.25) is 0 Å². The van der Waals surface area contributed by atoms with E-state index < -0.39 is 0 Å². The Balaban J connectivity index is 1.76. The second-order valence-corrected chi connectivity index (χ2v) is 5.71. The van der Waals surface area contributed by atoms with Crippen molar-refractivity contribution in [3.05, 3.63) is 35.9 Å². The first-order valence-corrected chi connectivity index (χ1v) is 8.54. The maximum atomic E-state index is 10.6. The Bertz CT molecular complexity index is 376. The average molecular weight is 306 g/mol. The van der Waals surface area contributed by atoms with E-state index in [0.29, 0.717) is 6.61 Å². The third-order valence-corrected chi connectivity index (χ3v) is 3.60. The largest absolute Gasteiger partial charge is 0.466 e. The summed E-state index contributed by atoms with van der Waals surface area (Å²) in [7, 11) is 0. The van der Waals surface area contributed by atoms with Gasteiger partial charge in [-0.3, -0.25) is 4.79 Å². The minimum absolute atomic E-state index is 0.172. The highest BCUT2D eigenvalue weighted by Gasteiger charge is 1.95. The molecule has 0 radical (unpaired) electrons. The summed E-state index contributed by atoms with van der Waals surface area (Å²) in [6.45, 7) is 3.62. The van der Waals surface area contributed by atoms with Crippen molar-refractivity contribution in [2.24, 2.45) is 0 Å². The van der Waals surface area contributed by atoms with Crippen LogP contribution in [0.1, 0.15) is 63.9 Å². The Morgan fingerprint density at radius 2 is 1.36 bits per heavy atom. The summed E-state index contributed by atoms with van der Waals surface area (Å²) in [5, 5.41) is 0. The second-order valence-electron chi connectivity index (χ2n) is 5.71. The van der Waals surface area contributed by atoms with Crippen molar-refractivity contribution in [2.45, 2.75) is 64.9 Å². The zero-order chi connectivity index (χ0) is 15.9. The molecule has 0 spiro atoms. The summed E-state index contributed by atoms with van der Waals surface area (Å²) in [4.78, 5) is 10.6. The second kappa shape index (κ2) is 13.3. The lowest BCUT2D eigenvalue weighted by atomic mass is 10.1. The van der Waals surface area contributed by atoms with E-state index in [1.54, 1.807) is 0 Å². The zero-order valence-corrected chi connectivity index (χ0v) is 13.9. The highest BCUT2D eigenvalue weighted by atomic mass is 16.5. The van der Waals surface area contributed by atoms with Crippen LogP contribution in [0, 0.1) is 0 Å². The van der Waals surface area contributed by atoms with Gasteiger partial charge in [0.2, 0.25) is 0 Å². The van der Waals surface area contributed by atoms with E-state index in [1.165, 1.54) is 44.6 Å². The standard InChI is InChI=1S/C19H30O3/c1-18(20)22-16-12-7-5-3-2-4-6-11-15-21-17-19-13-9-8-10-14-19/h8-10,13-14H,2-7,11-12,15-17H2,1H3. The van der Waals surface area contributed by atoms with Crippen LogP contribution in [0.4, 0.5) is 0 Å². The fraction of sp³-hybridized carbons (Fsp3) is 0.632. The van der Waals surface area contributed by atoms with Crippen molar-refractivity contribution in [1.82, 2.24) is 0 Å². The Morgan fingerprint density at radius 1 is 0.818 bits per heavy atom. The Labute approximate surface area is 135 Å². The Kier molecular flexibility index (Phi) is 11.3. The van der Waals surface area contributed by atoms with E-state index >= 15 is 0 Å². The van der Waals surface area contributed by atoms with Gasteiger partial charge in [0.15, 0.2) is 0 Å². The molecule has 1 aromatic carbocycles. The van der Waals surface area contributed by atoms with Crippen molar-refractivity contribution in [3.8, 4) is 0 Å². The van der Waals surface area contributed by atoms with Crippen LogP contribution in [0.3, 0.4) is 0 Å². The van der Waals surface area contributed by atoms with Gasteiger partial charge in [0.05, 0.1) is 13.2 Å². The summed E-state index contributed by atoms with van der Waals surface area (Å²) in [6, 6.07) is 10.3. The molecular formula is C19H30O3. The van der Waals surface area contributed by atoms with Gasteiger partial charge in [-0.1, -0.05) is 68.9 Å². The smallest absolute Gasteiger partial charge is 0.302 e. The number of hydrogen-bond donors (Lipinski definition) is 0. The number of unbranched alkanes of at least 4 members (excludes halogenated alkanes) is 7. The molecule has 0 aliphatic rings. The number of hydrogen-bond acceptors (Lipinski definition) is 3. The van der Waals surface area contributed by atoms with Crippen LogP contribution in [0.25, 0.3) is 0 Å². The lowest BCUT2D eigenvalue weighted by Gasteiger charge is -2.05. The minimum Gasteiger partial charge on any atom is -0.466 e. The van der Waals surface area contributed by atoms with Gasteiger partial charge in [-0.25, -0.2) is 0 Å². The van der Waals surface area contributed by atoms with Gasteiger partial charge < -0.3 is 9.47 Å². The first-order valence-electron chi connectivity index (χ1n) is 8.54. The molecule has 0 aliphatic heterocycles. The molecule has 124 valence electrons. The number of carbonyl (C=O) groups excluding carboxylic acids is 1. The lowest BCUT2D eigenvalue weighted by Crippen LogP contribution is -2.00. The predicted molar refractivity (Wildman–Crippen MR) is 89.7 cm³/mol. The van der Waals surface area contributed by atoms with E-state index in [1.807, 2.05) is 18.2 Å². The summed E-state index contributed by atoms with van der Waals surface area (Å²) >= 11 is 0. The molecule has 0 atom stereocenters. The molecule has 0 N–H and O–H groups in total. The molecule has 0 bridgehead atoms. The predicted octanol–water partition coefficient (Wildman–Crippen LogP) is 4.89. The molecule has 1 rings (SSSR count). The minimum atomic E-state index is -0.172. The van der Waals surface area contributed by atoms with Gasteiger partial charge in [-0.2, -0.15) is 0 Å². The lowest BCUT2D eigenvalue weighted by molar-refractivity contribution is -0.141. The molecule has 0 fully saturated rings. The topological polar surface area (TPSA) is 35.5 Å². The molecule has 1 aromatic rings. The van der Waals surface area contributed by atoms with Crippen LogP contribution in [-0.4, -0.2) is 19.2 Å². The van der Waals surface area contributed by atoms with E-state index in [2.05, 4.69) is 12.1 Å². The highest BCUT2D eigenvalue weighted by molar-refractivity contribution is 5.65. The average Bonchev–Trinajstić information content (AvgIpc) is 2.52. The third kappa shape index (κ3) is 11.3. The van der Waals surface area contributed by atoms with Crippen molar-refractivity contribution in [2.75, 3.05) is 13.2 Å². The van der Waals surface area contributed by atoms with Crippen LogP contribution in [-0.2, 0) is 20.9 Å². The molecule has 0 aliphatic carbocycles. The molecule has 22 heavy (non-hydrogen) atoms. The molecular weight excluding hydrogens is 276 g/mol. The van der Waals surface area contributed by atoms with E-state index in [-0.39, 0.29) is 5.97 Å². The molecule has 3 heteroatoms. The normalized spacial score (nSPS) is 10.6. The molecule has 0 unspecified atom stereocenters. The maximum Gasteiger partial charge on any atom is 0.302 e. The molecule has 0 heterocycles. The molecule has 0 aromatic heterocycles. The highest BCUT2D eigenvalue weighted by Crippen LogP contribution is 2.09. The first kappa shape index (κ1) is 18.7. The van der Waals surface area contributed by atoms with Crippen molar-refractivity contribution in [3.63, 3.8) is 0 Å². The van der Waals surface area contributed by atoms with E-state index in [0.717, 1.165) is 32.5 Å². The number of benzene rings is 1. The van der Waals surface area contributed by atoms with Crippen molar-refractivity contribution >= 4 is 5.97 Å². The van der Waals surface area contributed by atoms with Crippen LogP contribution >= 0.6 is 0 Å². The van der Waals surface area contributed by atoms with Crippen molar-refractivity contribution in [1.29, 1.82) is 0 Å².